The molecule has 1 saturated carbocycles. The number of benzene rings is 1. The van der Waals surface area contributed by atoms with Gasteiger partial charge in [-0.25, -0.2) is 13.1 Å². The van der Waals surface area contributed by atoms with Crippen LogP contribution in [0.25, 0.3) is 0 Å². The van der Waals surface area contributed by atoms with Gasteiger partial charge in [0.15, 0.2) is 5.78 Å². The average molecular weight is 353 g/mol. The summed E-state index contributed by atoms with van der Waals surface area (Å²) < 4.78 is 26.7. The predicted molar refractivity (Wildman–Crippen MR) is 97.9 cm³/mol. The smallest absolute Gasteiger partial charge is 0.214 e. The first-order valence-corrected chi connectivity index (χ1v) is 10.2. The third kappa shape index (κ3) is 5.31. The zero-order chi connectivity index (χ0) is 17.7. The molecule has 1 aliphatic carbocycles. The highest BCUT2D eigenvalue weighted by Gasteiger charge is 2.26. The minimum Gasteiger partial charge on any atom is -0.385 e. The molecule has 24 heavy (non-hydrogen) atoms. The molecule has 1 fully saturated rings. The molecule has 134 valence electrons. The summed E-state index contributed by atoms with van der Waals surface area (Å²) in [5.74, 6) is 0.599. The molecule has 2 N–H and O–H groups in total. The van der Waals surface area contributed by atoms with Gasteiger partial charge in [-0.15, -0.1) is 0 Å². The maximum atomic E-state index is 11.9. The zero-order valence-corrected chi connectivity index (χ0v) is 15.5. The topological polar surface area (TPSA) is 75.3 Å². The Morgan fingerprint density at radius 1 is 1.21 bits per heavy atom. The van der Waals surface area contributed by atoms with Crippen LogP contribution in [0, 0.1) is 5.92 Å². The van der Waals surface area contributed by atoms with Gasteiger partial charge in [-0.3, -0.25) is 4.79 Å². The lowest BCUT2D eigenvalue weighted by atomic mass is 9.86. The molecule has 0 spiro atoms. The van der Waals surface area contributed by atoms with E-state index in [4.69, 9.17) is 0 Å². The fourth-order valence-electron chi connectivity index (χ4n) is 2.96. The van der Waals surface area contributed by atoms with Crippen LogP contribution in [0.2, 0.25) is 0 Å². The van der Waals surface area contributed by atoms with Crippen molar-refractivity contribution in [3.8, 4) is 0 Å². The van der Waals surface area contributed by atoms with Crippen molar-refractivity contribution in [1.82, 2.24) is 4.72 Å². The van der Waals surface area contributed by atoms with Crippen LogP contribution in [-0.2, 0) is 10.0 Å². The van der Waals surface area contributed by atoms with Gasteiger partial charge in [-0.1, -0.05) is 12.1 Å². The number of hydrogen-bond acceptors (Lipinski definition) is 4. The summed E-state index contributed by atoms with van der Waals surface area (Å²) in [6.07, 6.45) is 3.77. The largest absolute Gasteiger partial charge is 0.385 e. The molecule has 0 aliphatic heterocycles. The Labute approximate surface area is 145 Å². The Bertz CT molecular complexity index is 663. The highest BCUT2D eigenvalue weighted by Crippen LogP contribution is 2.25. The van der Waals surface area contributed by atoms with Crippen molar-refractivity contribution < 1.29 is 13.2 Å². The molecule has 0 aromatic heterocycles. The molecule has 0 unspecified atom stereocenters. The molecule has 1 aromatic rings. The average Bonchev–Trinajstić information content (AvgIpc) is 2.54. The van der Waals surface area contributed by atoms with Crippen molar-refractivity contribution in [2.45, 2.75) is 57.7 Å². The van der Waals surface area contributed by atoms with E-state index in [1.165, 1.54) is 0 Å². The molecule has 0 amide bonds. The normalized spacial score (nSPS) is 21.7. The van der Waals surface area contributed by atoms with Gasteiger partial charge >= 0.3 is 0 Å². The highest BCUT2D eigenvalue weighted by molar-refractivity contribution is 7.90. The number of ketones is 1. The fraction of sp³-hybridized carbons (Fsp3) is 0.611. The van der Waals surface area contributed by atoms with Gasteiger partial charge in [0.2, 0.25) is 10.0 Å². The van der Waals surface area contributed by atoms with Crippen LogP contribution in [0.15, 0.2) is 24.3 Å². The zero-order valence-electron chi connectivity index (χ0n) is 14.7. The van der Waals surface area contributed by atoms with Gasteiger partial charge in [0.1, 0.15) is 0 Å². The van der Waals surface area contributed by atoms with E-state index in [2.05, 4.69) is 10.0 Å². The standard InChI is InChI=1S/C18H28N2O3S/c1-13(2)24(22,23)20-17-9-7-15(8-10-17)12-19-18-6-4-5-16(11-18)14(3)21/h4-6,11,13,15,17,19-20H,7-10,12H2,1-3H3. The Kier molecular flexibility index (Phi) is 6.40. The molecular weight excluding hydrogens is 324 g/mol. The van der Waals surface area contributed by atoms with Gasteiger partial charge in [0, 0.05) is 23.8 Å². The summed E-state index contributed by atoms with van der Waals surface area (Å²) >= 11 is 0. The number of carbonyl (C=O) groups excluding carboxylic acids is 1. The quantitative estimate of drug-likeness (QED) is 0.739. The van der Waals surface area contributed by atoms with Crippen molar-refractivity contribution in [3.05, 3.63) is 29.8 Å². The van der Waals surface area contributed by atoms with Crippen LogP contribution in [0.5, 0.6) is 0 Å². The molecule has 2 rings (SSSR count). The Morgan fingerprint density at radius 2 is 1.88 bits per heavy atom. The van der Waals surface area contributed by atoms with Gasteiger partial charge in [0.25, 0.3) is 0 Å². The van der Waals surface area contributed by atoms with Crippen LogP contribution < -0.4 is 10.0 Å². The van der Waals surface area contributed by atoms with E-state index in [9.17, 15) is 13.2 Å². The first-order chi connectivity index (χ1) is 11.3. The molecule has 0 saturated heterocycles. The Balaban J connectivity index is 1.79. The predicted octanol–water partition coefficient (Wildman–Crippen LogP) is 3.19. The van der Waals surface area contributed by atoms with Crippen molar-refractivity contribution in [2.75, 3.05) is 11.9 Å². The van der Waals surface area contributed by atoms with Crippen molar-refractivity contribution in [2.24, 2.45) is 5.92 Å². The van der Waals surface area contributed by atoms with Gasteiger partial charge < -0.3 is 5.32 Å². The molecule has 5 nitrogen and oxygen atoms in total. The molecular formula is C18H28N2O3S. The second kappa shape index (κ2) is 8.12. The molecule has 1 aliphatic rings. The van der Waals surface area contributed by atoms with Crippen molar-refractivity contribution in [1.29, 1.82) is 0 Å². The molecule has 0 bridgehead atoms. The monoisotopic (exact) mass is 352 g/mol. The summed E-state index contributed by atoms with van der Waals surface area (Å²) in [7, 11) is -3.18. The number of anilines is 1. The summed E-state index contributed by atoms with van der Waals surface area (Å²) in [5.41, 5.74) is 1.68. The summed E-state index contributed by atoms with van der Waals surface area (Å²) in [6.45, 7) is 5.82. The third-order valence-electron chi connectivity index (χ3n) is 4.66. The summed E-state index contributed by atoms with van der Waals surface area (Å²) in [6, 6.07) is 7.62. The van der Waals surface area contributed by atoms with E-state index < -0.39 is 10.0 Å². The van der Waals surface area contributed by atoms with E-state index in [1.54, 1.807) is 20.8 Å². The molecule has 6 heteroatoms. The number of rotatable bonds is 7. The van der Waals surface area contributed by atoms with Gasteiger partial charge in [0.05, 0.1) is 5.25 Å². The number of Topliss-reactive ketones (excluding diaryl/α,β-unsaturated/α-hetero) is 1. The second-order valence-electron chi connectivity index (χ2n) is 6.95. The summed E-state index contributed by atoms with van der Waals surface area (Å²) in [5, 5.41) is 3.02. The first kappa shape index (κ1) is 18.9. The number of nitrogens with one attached hydrogen (secondary N) is 2. The van der Waals surface area contributed by atoms with Crippen LogP contribution in [0.1, 0.15) is 56.8 Å². The van der Waals surface area contributed by atoms with E-state index in [0.717, 1.165) is 37.9 Å². The van der Waals surface area contributed by atoms with Crippen molar-refractivity contribution in [3.63, 3.8) is 0 Å². The van der Waals surface area contributed by atoms with Crippen LogP contribution >= 0.6 is 0 Å². The van der Waals surface area contributed by atoms with Gasteiger partial charge in [-0.05, 0) is 64.5 Å². The van der Waals surface area contributed by atoms with E-state index in [0.29, 0.717) is 11.5 Å². The molecule has 0 atom stereocenters. The number of sulfonamides is 1. The second-order valence-corrected chi connectivity index (χ2v) is 9.22. The van der Waals surface area contributed by atoms with E-state index >= 15 is 0 Å². The molecule has 1 aromatic carbocycles. The minimum absolute atomic E-state index is 0.0645. The van der Waals surface area contributed by atoms with Crippen LogP contribution in [0.4, 0.5) is 5.69 Å². The number of hydrogen-bond donors (Lipinski definition) is 2. The lowest BCUT2D eigenvalue weighted by Gasteiger charge is -2.29. The molecule has 0 heterocycles. The number of carbonyl (C=O) groups is 1. The SMILES string of the molecule is CC(=O)c1cccc(NCC2CCC(NS(=O)(=O)C(C)C)CC2)c1. The fourth-order valence-corrected chi connectivity index (χ4v) is 3.94. The molecule has 0 radical (unpaired) electrons. The van der Waals surface area contributed by atoms with E-state index in [-0.39, 0.29) is 17.1 Å². The van der Waals surface area contributed by atoms with E-state index in [1.807, 2.05) is 24.3 Å². The minimum atomic E-state index is -3.18. The Morgan fingerprint density at radius 3 is 2.46 bits per heavy atom. The Hall–Kier alpha value is -1.40. The van der Waals surface area contributed by atoms with Crippen LogP contribution in [-0.4, -0.2) is 32.0 Å². The third-order valence-corrected chi connectivity index (χ3v) is 6.57. The highest BCUT2D eigenvalue weighted by atomic mass is 32.2. The van der Waals surface area contributed by atoms with Crippen LogP contribution in [0.3, 0.4) is 0 Å². The lowest BCUT2D eigenvalue weighted by molar-refractivity contribution is 0.101. The first-order valence-electron chi connectivity index (χ1n) is 8.64. The maximum Gasteiger partial charge on any atom is 0.214 e. The lowest BCUT2D eigenvalue weighted by Crippen LogP contribution is -2.41. The summed E-state index contributed by atoms with van der Waals surface area (Å²) in [4.78, 5) is 11.4. The van der Waals surface area contributed by atoms with Crippen molar-refractivity contribution >= 4 is 21.5 Å². The van der Waals surface area contributed by atoms with Gasteiger partial charge in [-0.2, -0.15) is 0 Å². The maximum absolute atomic E-state index is 11.9.